The summed E-state index contributed by atoms with van der Waals surface area (Å²) in [6.07, 6.45) is 0. The zero-order valence-corrected chi connectivity index (χ0v) is 11.6. The lowest BCUT2D eigenvalue weighted by Crippen LogP contribution is -3.28. The Morgan fingerprint density at radius 3 is 2.32 bits per heavy atom. The first kappa shape index (κ1) is 13.9. The first-order chi connectivity index (χ1) is 9.31. The fourth-order valence-corrected chi connectivity index (χ4v) is 2.50. The fourth-order valence-electron chi connectivity index (χ4n) is 2.50. The van der Waals surface area contributed by atoms with E-state index in [4.69, 9.17) is 10.00 Å². The van der Waals surface area contributed by atoms with E-state index in [0.717, 1.165) is 18.9 Å². The third-order valence-electron chi connectivity index (χ3n) is 3.87. The van der Waals surface area contributed by atoms with Gasteiger partial charge in [-0.15, -0.1) is 0 Å². The summed E-state index contributed by atoms with van der Waals surface area (Å²) in [5.74, 6) is 0.858. The maximum Gasteiger partial charge on any atom is 0.137 e. The molecule has 2 rings (SSSR count). The average Bonchev–Trinajstić information content (AvgIpc) is 2.49. The van der Waals surface area contributed by atoms with Crippen LogP contribution in [0.15, 0.2) is 24.3 Å². The number of likely N-dealkylation sites (N-methyl/N-ethyl adjacent to an activating group) is 1. The normalized spacial score (nSPS) is 22.7. The van der Waals surface area contributed by atoms with Gasteiger partial charge in [-0.05, 0) is 31.2 Å². The average molecular weight is 261 g/mol. The lowest BCUT2D eigenvalue weighted by molar-refractivity contribution is -1.01. The minimum absolute atomic E-state index is 0.677. The van der Waals surface area contributed by atoms with Gasteiger partial charge < -0.3 is 14.5 Å². The molecule has 0 aromatic heterocycles. The van der Waals surface area contributed by atoms with E-state index < -0.39 is 0 Å². The van der Waals surface area contributed by atoms with Gasteiger partial charge in [-0.1, -0.05) is 0 Å². The molecule has 0 aliphatic carbocycles. The summed E-state index contributed by atoms with van der Waals surface area (Å²) < 4.78 is 5.72. The Kier molecular flexibility index (Phi) is 5.20. The fraction of sp³-hybridized carbons (Fsp3) is 0.533. The summed E-state index contributed by atoms with van der Waals surface area (Å²) >= 11 is 0. The SMILES string of the molecule is CC[NH+]1CC[NH+](CCOc2ccc(C#N)cc2)CC1. The Labute approximate surface area is 115 Å². The minimum Gasteiger partial charge on any atom is -0.488 e. The molecule has 1 fully saturated rings. The van der Waals surface area contributed by atoms with Crippen molar-refractivity contribution in [2.75, 3.05) is 45.9 Å². The number of hydrogen-bond donors (Lipinski definition) is 2. The second-order valence-electron chi connectivity index (χ2n) is 5.09. The molecular formula is C15H23N3O+2. The van der Waals surface area contributed by atoms with Crippen LogP contribution in [0, 0.1) is 11.3 Å². The van der Waals surface area contributed by atoms with E-state index in [0.29, 0.717) is 5.56 Å². The minimum atomic E-state index is 0.677. The third-order valence-corrected chi connectivity index (χ3v) is 3.87. The molecule has 1 aromatic carbocycles. The van der Waals surface area contributed by atoms with Crippen molar-refractivity contribution in [3.63, 3.8) is 0 Å². The van der Waals surface area contributed by atoms with Crippen LogP contribution in [0.2, 0.25) is 0 Å². The molecule has 0 unspecified atom stereocenters. The van der Waals surface area contributed by atoms with E-state index >= 15 is 0 Å². The van der Waals surface area contributed by atoms with Crippen LogP contribution in [0.25, 0.3) is 0 Å². The molecule has 0 amide bonds. The Hall–Kier alpha value is -1.57. The molecule has 0 bridgehead atoms. The lowest BCUT2D eigenvalue weighted by Gasteiger charge is -2.28. The maximum atomic E-state index is 8.72. The first-order valence-corrected chi connectivity index (χ1v) is 7.12. The van der Waals surface area contributed by atoms with Gasteiger partial charge in [0, 0.05) is 0 Å². The number of rotatable bonds is 5. The number of benzene rings is 1. The van der Waals surface area contributed by atoms with Crippen LogP contribution in [0.1, 0.15) is 12.5 Å². The zero-order valence-electron chi connectivity index (χ0n) is 11.6. The Morgan fingerprint density at radius 1 is 1.11 bits per heavy atom. The van der Waals surface area contributed by atoms with Crippen molar-refractivity contribution in [1.29, 1.82) is 5.26 Å². The highest BCUT2D eigenvalue weighted by molar-refractivity contribution is 5.34. The van der Waals surface area contributed by atoms with E-state index in [9.17, 15) is 0 Å². The van der Waals surface area contributed by atoms with Gasteiger partial charge in [0.2, 0.25) is 0 Å². The maximum absolute atomic E-state index is 8.72. The Morgan fingerprint density at radius 2 is 1.74 bits per heavy atom. The Bertz CT molecular complexity index is 416. The van der Waals surface area contributed by atoms with E-state index in [1.807, 2.05) is 12.1 Å². The van der Waals surface area contributed by atoms with Crippen molar-refractivity contribution >= 4 is 0 Å². The molecule has 1 saturated heterocycles. The topological polar surface area (TPSA) is 41.9 Å². The lowest BCUT2D eigenvalue weighted by atomic mass is 10.2. The summed E-state index contributed by atoms with van der Waals surface area (Å²) in [4.78, 5) is 3.36. The van der Waals surface area contributed by atoms with Crippen molar-refractivity contribution in [3.8, 4) is 11.8 Å². The highest BCUT2D eigenvalue weighted by Crippen LogP contribution is 2.10. The predicted molar refractivity (Wildman–Crippen MR) is 73.5 cm³/mol. The van der Waals surface area contributed by atoms with E-state index in [1.54, 1.807) is 21.9 Å². The van der Waals surface area contributed by atoms with Crippen molar-refractivity contribution < 1.29 is 14.5 Å². The van der Waals surface area contributed by atoms with Crippen molar-refractivity contribution in [2.24, 2.45) is 0 Å². The van der Waals surface area contributed by atoms with Gasteiger partial charge >= 0.3 is 0 Å². The van der Waals surface area contributed by atoms with Crippen LogP contribution < -0.4 is 14.5 Å². The highest BCUT2D eigenvalue weighted by atomic mass is 16.5. The Balaban J connectivity index is 1.68. The number of piperazine rings is 1. The zero-order chi connectivity index (χ0) is 13.5. The molecule has 0 radical (unpaired) electrons. The van der Waals surface area contributed by atoms with Gasteiger partial charge in [-0.25, -0.2) is 0 Å². The molecule has 0 atom stereocenters. The molecule has 2 N–H and O–H groups in total. The molecule has 4 heteroatoms. The van der Waals surface area contributed by atoms with Gasteiger partial charge in [-0.2, -0.15) is 5.26 Å². The van der Waals surface area contributed by atoms with Gasteiger partial charge in [0.1, 0.15) is 45.1 Å². The monoisotopic (exact) mass is 261 g/mol. The molecule has 0 saturated carbocycles. The van der Waals surface area contributed by atoms with E-state index in [2.05, 4.69) is 13.0 Å². The highest BCUT2D eigenvalue weighted by Gasteiger charge is 2.20. The molecule has 19 heavy (non-hydrogen) atoms. The van der Waals surface area contributed by atoms with Crippen molar-refractivity contribution in [1.82, 2.24) is 0 Å². The number of nitrogens with zero attached hydrogens (tertiary/aromatic N) is 1. The molecule has 4 nitrogen and oxygen atoms in total. The summed E-state index contributed by atoms with van der Waals surface area (Å²) in [5.41, 5.74) is 0.677. The molecule has 1 aromatic rings. The van der Waals surface area contributed by atoms with Crippen LogP contribution in [0.3, 0.4) is 0 Å². The smallest absolute Gasteiger partial charge is 0.137 e. The quantitative estimate of drug-likeness (QED) is 0.695. The van der Waals surface area contributed by atoms with Gasteiger partial charge in [0.05, 0.1) is 18.2 Å². The second kappa shape index (κ2) is 7.13. The second-order valence-corrected chi connectivity index (χ2v) is 5.09. The first-order valence-electron chi connectivity index (χ1n) is 7.12. The van der Waals surface area contributed by atoms with Crippen LogP contribution in [0.5, 0.6) is 5.75 Å². The van der Waals surface area contributed by atoms with Crippen molar-refractivity contribution in [3.05, 3.63) is 29.8 Å². The molecule has 1 heterocycles. The number of hydrogen-bond acceptors (Lipinski definition) is 2. The largest absolute Gasteiger partial charge is 0.488 e. The number of ether oxygens (including phenoxy) is 1. The molecule has 1 aliphatic rings. The number of nitrogens with one attached hydrogen (secondary N) is 2. The molecular weight excluding hydrogens is 238 g/mol. The summed E-state index contributed by atoms with van der Waals surface area (Å²) in [6.45, 7) is 10.4. The van der Waals surface area contributed by atoms with E-state index in [-0.39, 0.29) is 0 Å². The van der Waals surface area contributed by atoms with Crippen LogP contribution in [0.4, 0.5) is 0 Å². The third kappa shape index (κ3) is 4.23. The van der Waals surface area contributed by atoms with Crippen LogP contribution in [-0.4, -0.2) is 45.9 Å². The number of quaternary nitrogens is 2. The van der Waals surface area contributed by atoms with Gasteiger partial charge in [-0.3, -0.25) is 0 Å². The summed E-state index contributed by atoms with van der Waals surface area (Å²) in [7, 11) is 0. The standard InChI is InChI=1S/C15H21N3O/c1-2-17-7-9-18(10-8-17)11-12-19-15-5-3-14(13-16)4-6-15/h3-6H,2,7-12H2,1H3/p+2. The van der Waals surface area contributed by atoms with Gasteiger partial charge in [0.15, 0.2) is 0 Å². The number of nitriles is 1. The van der Waals surface area contributed by atoms with Crippen LogP contribution in [-0.2, 0) is 0 Å². The summed E-state index contributed by atoms with van der Waals surface area (Å²) in [5, 5.41) is 8.72. The molecule has 1 aliphatic heterocycles. The molecule has 0 spiro atoms. The van der Waals surface area contributed by atoms with E-state index in [1.165, 1.54) is 32.7 Å². The van der Waals surface area contributed by atoms with Gasteiger partial charge in [0.25, 0.3) is 0 Å². The van der Waals surface area contributed by atoms with Crippen LogP contribution >= 0.6 is 0 Å². The predicted octanol–water partition coefficient (Wildman–Crippen LogP) is -1.26. The van der Waals surface area contributed by atoms with Crippen molar-refractivity contribution in [2.45, 2.75) is 6.92 Å². The molecule has 102 valence electrons. The summed E-state index contributed by atoms with van der Waals surface area (Å²) in [6, 6.07) is 9.44.